The number of ether oxygens (including phenoxy) is 2. The van der Waals surface area contributed by atoms with E-state index in [2.05, 4.69) is 25.1 Å². The van der Waals surface area contributed by atoms with Crippen LogP contribution in [0.25, 0.3) is 17.1 Å². The molecule has 0 saturated heterocycles. The largest absolute Gasteiger partial charge is 0.494 e. The van der Waals surface area contributed by atoms with Crippen molar-refractivity contribution in [2.24, 2.45) is 0 Å². The van der Waals surface area contributed by atoms with Gasteiger partial charge in [0.1, 0.15) is 28.8 Å². The van der Waals surface area contributed by atoms with E-state index in [0.717, 1.165) is 18.0 Å². The molecular weight excluding hydrogens is 487 g/mol. The highest BCUT2D eigenvalue weighted by Crippen LogP contribution is 2.36. The molecule has 0 aliphatic heterocycles. The second kappa shape index (κ2) is 10.4. The van der Waals surface area contributed by atoms with Crippen LogP contribution in [0.3, 0.4) is 0 Å². The molecule has 10 nitrogen and oxygen atoms in total. The number of hydrogen-bond donors (Lipinski definition) is 0. The second-order valence-corrected chi connectivity index (χ2v) is 10.6. The van der Waals surface area contributed by atoms with Gasteiger partial charge in [0.25, 0.3) is 0 Å². The zero-order valence-corrected chi connectivity index (χ0v) is 21.0. The predicted molar refractivity (Wildman–Crippen MR) is 130 cm³/mol. The summed E-state index contributed by atoms with van der Waals surface area (Å²) in [4.78, 5) is 12.0. The van der Waals surface area contributed by atoms with Gasteiger partial charge >= 0.3 is 0 Å². The maximum absolute atomic E-state index is 13.4. The Morgan fingerprint density at radius 1 is 1.03 bits per heavy atom. The molecule has 36 heavy (non-hydrogen) atoms. The maximum atomic E-state index is 13.4. The minimum atomic E-state index is -3.76. The fourth-order valence-electron chi connectivity index (χ4n) is 3.71. The molecule has 0 saturated carbocycles. The van der Waals surface area contributed by atoms with Crippen LogP contribution in [-0.2, 0) is 22.0 Å². The van der Waals surface area contributed by atoms with Gasteiger partial charge in [-0.2, -0.15) is 0 Å². The van der Waals surface area contributed by atoms with Crippen molar-refractivity contribution < 1.29 is 22.3 Å². The van der Waals surface area contributed by atoms with Crippen LogP contribution in [-0.4, -0.2) is 57.6 Å². The van der Waals surface area contributed by atoms with E-state index in [9.17, 15) is 12.8 Å². The third kappa shape index (κ3) is 5.18. The summed E-state index contributed by atoms with van der Waals surface area (Å²) in [6.07, 6.45) is 5.37. The van der Waals surface area contributed by atoms with E-state index >= 15 is 0 Å². The monoisotopic (exact) mass is 512 g/mol. The van der Waals surface area contributed by atoms with Crippen LogP contribution >= 0.6 is 0 Å². The summed E-state index contributed by atoms with van der Waals surface area (Å²) in [5.74, 6) is 0.654. The summed E-state index contributed by atoms with van der Waals surface area (Å²) >= 11 is 0. The normalized spacial score (nSPS) is 12.4. The lowest BCUT2D eigenvalue weighted by molar-refractivity contribution is 0.391. The van der Waals surface area contributed by atoms with Gasteiger partial charge in [0, 0.05) is 24.4 Å². The lowest BCUT2D eigenvalue weighted by Crippen LogP contribution is -2.24. The number of nitrogens with zero attached hydrogens (tertiary/aromatic N) is 6. The molecule has 12 heteroatoms. The second-order valence-electron chi connectivity index (χ2n) is 8.18. The van der Waals surface area contributed by atoms with E-state index in [4.69, 9.17) is 9.47 Å². The van der Waals surface area contributed by atoms with Gasteiger partial charge in [-0.15, -0.1) is 10.2 Å². The third-order valence-electron chi connectivity index (χ3n) is 5.58. The topological polar surface area (TPSA) is 122 Å². The number of para-hydroxylation sites is 1. The standard InChI is InChI=1S/C24H25FN6O4S/c1-15-8-17(11-26-10-15)24-30-29-22(31(24)23-19(34-3)6-5-7-20(23)35-4)14-36(32,33)16(2)9-21-27-12-18(25)13-28-21/h5-8,10-13,16H,9,14H2,1-4H3/t16-/m1/s1. The molecule has 0 spiro atoms. The summed E-state index contributed by atoms with van der Waals surface area (Å²) in [5, 5.41) is 7.71. The number of aryl methyl sites for hydroxylation is 1. The van der Waals surface area contributed by atoms with Crippen LogP contribution in [0.5, 0.6) is 11.5 Å². The number of sulfone groups is 1. The zero-order chi connectivity index (χ0) is 25.9. The van der Waals surface area contributed by atoms with Crippen molar-refractivity contribution >= 4 is 9.84 Å². The number of aromatic nitrogens is 6. The van der Waals surface area contributed by atoms with Crippen molar-refractivity contribution in [2.75, 3.05) is 14.2 Å². The Morgan fingerprint density at radius 2 is 1.69 bits per heavy atom. The molecule has 0 fully saturated rings. The van der Waals surface area contributed by atoms with Gasteiger partial charge < -0.3 is 9.47 Å². The van der Waals surface area contributed by atoms with E-state index in [-0.39, 0.29) is 18.1 Å². The first-order valence-electron chi connectivity index (χ1n) is 11.0. The smallest absolute Gasteiger partial charge is 0.170 e. The molecule has 3 aromatic heterocycles. The van der Waals surface area contributed by atoms with Crippen molar-refractivity contribution in [3.63, 3.8) is 0 Å². The molecule has 0 bridgehead atoms. The predicted octanol–water partition coefficient (Wildman–Crippen LogP) is 3.13. The fraction of sp³-hybridized carbons (Fsp3) is 0.292. The average molecular weight is 513 g/mol. The summed E-state index contributed by atoms with van der Waals surface area (Å²) in [6.45, 7) is 3.45. The Hall–Kier alpha value is -3.93. The van der Waals surface area contributed by atoms with Crippen molar-refractivity contribution in [1.29, 1.82) is 0 Å². The molecule has 1 atom stereocenters. The maximum Gasteiger partial charge on any atom is 0.170 e. The summed E-state index contributed by atoms with van der Waals surface area (Å²) in [7, 11) is -0.739. The van der Waals surface area contributed by atoms with Gasteiger partial charge in [0.05, 0.1) is 31.9 Å². The van der Waals surface area contributed by atoms with E-state index < -0.39 is 26.7 Å². The number of hydrogen-bond acceptors (Lipinski definition) is 9. The van der Waals surface area contributed by atoms with Crippen molar-refractivity contribution in [3.8, 4) is 28.6 Å². The number of rotatable bonds is 9. The fourth-order valence-corrected chi connectivity index (χ4v) is 4.95. The van der Waals surface area contributed by atoms with Crippen molar-refractivity contribution in [2.45, 2.75) is 31.3 Å². The Kier molecular flexibility index (Phi) is 7.25. The molecular formula is C24H25FN6O4S. The minimum absolute atomic E-state index is 0.0172. The molecule has 0 unspecified atom stereocenters. The highest BCUT2D eigenvalue weighted by atomic mass is 32.2. The van der Waals surface area contributed by atoms with Gasteiger partial charge in [-0.1, -0.05) is 6.07 Å². The van der Waals surface area contributed by atoms with E-state index in [1.807, 2.05) is 13.0 Å². The first-order chi connectivity index (χ1) is 17.2. The van der Waals surface area contributed by atoms with Gasteiger partial charge in [0.2, 0.25) is 0 Å². The van der Waals surface area contributed by atoms with Gasteiger partial charge in [-0.05, 0) is 37.6 Å². The summed E-state index contributed by atoms with van der Waals surface area (Å²) in [6, 6.07) is 7.12. The third-order valence-corrected chi connectivity index (χ3v) is 7.63. The SMILES string of the molecule is COc1cccc(OC)c1-n1c(CS(=O)(=O)[C@H](C)Cc2ncc(F)cn2)nnc1-c1cncc(C)c1. The van der Waals surface area contributed by atoms with Crippen LogP contribution in [0.4, 0.5) is 4.39 Å². The molecule has 0 N–H and O–H groups in total. The first-order valence-corrected chi connectivity index (χ1v) is 12.7. The molecule has 1 aromatic carbocycles. The summed E-state index contributed by atoms with van der Waals surface area (Å²) in [5.41, 5.74) is 2.01. The number of methoxy groups -OCH3 is 2. The van der Waals surface area contributed by atoms with Gasteiger partial charge in [0.15, 0.2) is 27.3 Å². The molecule has 0 amide bonds. The zero-order valence-electron chi connectivity index (χ0n) is 20.2. The number of pyridine rings is 1. The molecule has 4 rings (SSSR count). The highest BCUT2D eigenvalue weighted by Gasteiger charge is 2.29. The molecule has 3 heterocycles. The van der Waals surface area contributed by atoms with Crippen molar-refractivity contribution in [1.82, 2.24) is 29.7 Å². The Bertz CT molecular complexity index is 1450. The van der Waals surface area contributed by atoms with E-state index in [0.29, 0.717) is 28.6 Å². The Morgan fingerprint density at radius 3 is 2.31 bits per heavy atom. The first kappa shape index (κ1) is 25.2. The molecule has 0 aliphatic rings. The summed E-state index contributed by atoms with van der Waals surface area (Å²) < 4.78 is 52.7. The van der Waals surface area contributed by atoms with Crippen LogP contribution < -0.4 is 9.47 Å². The number of halogens is 1. The molecule has 188 valence electrons. The highest BCUT2D eigenvalue weighted by molar-refractivity contribution is 7.91. The molecule has 4 aromatic rings. The lowest BCUT2D eigenvalue weighted by atomic mass is 10.2. The van der Waals surface area contributed by atoms with Crippen LogP contribution in [0.15, 0.2) is 49.1 Å². The average Bonchev–Trinajstić information content (AvgIpc) is 3.27. The van der Waals surface area contributed by atoms with E-state index in [1.165, 1.54) is 14.2 Å². The van der Waals surface area contributed by atoms with Gasteiger partial charge in [-0.3, -0.25) is 9.55 Å². The number of benzene rings is 1. The molecule has 0 radical (unpaired) electrons. The molecule has 0 aliphatic carbocycles. The Balaban J connectivity index is 1.81. The van der Waals surface area contributed by atoms with Crippen LogP contribution in [0.1, 0.15) is 24.1 Å². The minimum Gasteiger partial charge on any atom is -0.494 e. The Labute approximate surface area is 208 Å². The van der Waals surface area contributed by atoms with Crippen LogP contribution in [0.2, 0.25) is 0 Å². The van der Waals surface area contributed by atoms with E-state index in [1.54, 1.807) is 42.1 Å². The quantitative estimate of drug-likeness (QED) is 0.333. The van der Waals surface area contributed by atoms with Crippen molar-refractivity contribution in [3.05, 3.63) is 72.1 Å². The lowest BCUT2D eigenvalue weighted by Gasteiger charge is -2.18. The van der Waals surface area contributed by atoms with Crippen LogP contribution in [0, 0.1) is 12.7 Å². The van der Waals surface area contributed by atoms with Gasteiger partial charge in [-0.25, -0.2) is 22.8 Å².